The molecule has 0 aromatic heterocycles. The van der Waals surface area contributed by atoms with Crippen molar-refractivity contribution in [2.75, 3.05) is 19.6 Å². The molecule has 0 radical (unpaired) electrons. The van der Waals surface area contributed by atoms with Crippen LogP contribution in [-0.4, -0.2) is 60.1 Å². The molecule has 0 aliphatic carbocycles. The monoisotopic (exact) mass is 370 g/mol. The summed E-state index contributed by atoms with van der Waals surface area (Å²) in [5, 5.41) is 9.68. The molecule has 1 saturated heterocycles. The number of piperazine rings is 1. The first-order valence-electron chi connectivity index (χ1n) is 8.20. The highest BCUT2D eigenvalue weighted by molar-refractivity contribution is 7.89. The van der Waals surface area contributed by atoms with E-state index >= 15 is 0 Å². The van der Waals surface area contributed by atoms with Gasteiger partial charge in [-0.2, -0.15) is 4.31 Å². The van der Waals surface area contributed by atoms with Gasteiger partial charge in [-0.1, -0.05) is 0 Å². The Hall–Kier alpha value is -1.80. The molecule has 0 spiro atoms. The van der Waals surface area contributed by atoms with Crippen molar-refractivity contribution in [2.45, 2.75) is 51.2 Å². The molecule has 0 saturated carbocycles. The fourth-order valence-electron chi connectivity index (χ4n) is 2.76. The molecule has 8 heteroatoms. The fourth-order valence-corrected chi connectivity index (χ4v) is 4.40. The summed E-state index contributed by atoms with van der Waals surface area (Å²) < 4.78 is 32.4. The second-order valence-electron chi connectivity index (χ2n) is 7.39. The largest absolute Gasteiger partial charge is 0.508 e. The van der Waals surface area contributed by atoms with Crippen molar-refractivity contribution < 1.29 is 23.1 Å². The maximum atomic E-state index is 12.8. The highest BCUT2D eigenvalue weighted by Crippen LogP contribution is 2.25. The number of nitrogens with zero attached hydrogens (tertiary/aromatic N) is 2. The lowest BCUT2D eigenvalue weighted by Crippen LogP contribution is -2.56. The summed E-state index contributed by atoms with van der Waals surface area (Å²) in [6.45, 7) is 9.51. The SMILES string of the molecule is Cc1cc(O)cc(S(=O)(=O)N2CCN(C(=O)OC(C)(C)C)[C@H](C)C2)c1. The first-order chi connectivity index (χ1) is 11.4. The van der Waals surface area contributed by atoms with Crippen LogP contribution in [0.1, 0.15) is 33.3 Å². The van der Waals surface area contributed by atoms with E-state index in [-0.39, 0.29) is 36.3 Å². The quantitative estimate of drug-likeness (QED) is 0.863. The predicted molar refractivity (Wildman–Crippen MR) is 94.0 cm³/mol. The van der Waals surface area contributed by atoms with Gasteiger partial charge in [0.05, 0.1) is 4.90 Å². The molecular formula is C17H26N2O5S. The summed E-state index contributed by atoms with van der Waals surface area (Å²) in [5.74, 6) is -0.0842. The molecule has 7 nitrogen and oxygen atoms in total. The van der Waals surface area contributed by atoms with Gasteiger partial charge in [-0.15, -0.1) is 0 Å². The van der Waals surface area contributed by atoms with E-state index in [0.717, 1.165) is 0 Å². The van der Waals surface area contributed by atoms with Crippen LogP contribution in [0.3, 0.4) is 0 Å². The number of benzene rings is 1. The van der Waals surface area contributed by atoms with Crippen molar-refractivity contribution in [2.24, 2.45) is 0 Å². The summed E-state index contributed by atoms with van der Waals surface area (Å²) in [4.78, 5) is 13.8. The average molecular weight is 370 g/mol. The van der Waals surface area contributed by atoms with Crippen LogP contribution in [0, 0.1) is 6.92 Å². The second kappa shape index (κ2) is 6.84. The van der Waals surface area contributed by atoms with E-state index in [1.54, 1.807) is 39.5 Å². The third kappa shape index (κ3) is 4.64. The first kappa shape index (κ1) is 19.5. The Morgan fingerprint density at radius 1 is 1.24 bits per heavy atom. The number of phenols is 1. The van der Waals surface area contributed by atoms with Crippen LogP contribution in [0.2, 0.25) is 0 Å². The highest BCUT2D eigenvalue weighted by atomic mass is 32.2. The topological polar surface area (TPSA) is 87.2 Å². The van der Waals surface area contributed by atoms with Gasteiger partial charge in [0.1, 0.15) is 11.4 Å². The normalized spacial score (nSPS) is 19.7. The van der Waals surface area contributed by atoms with E-state index in [0.29, 0.717) is 5.56 Å². The maximum Gasteiger partial charge on any atom is 0.410 e. The maximum absolute atomic E-state index is 12.8. The Kier molecular flexibility index (Phi) is 5.34. The van der Waals surface area contributed by atoms with Gasteiger partial charge in [0.2, 0.25) is 10.0 Å². The number of carbonyl (C=O) groups is 1. The number of hydrogen-bond donors (Lipinski definition) is 1. The molecule has 1 N–H and O–H groups in total. The highest BCUT2D eigenvalue weighted by Gasteiger charge is 2.36. The Bertz CT molecular complexity index is 735. The van der Waals surface area contributed by atoms with E-state index in [1.807, 2.05) is 0 Å². The van der Waals surface area contributed by atoms with E-state index in [9.17, 15) is 18.3 Å². The Morgan fingerprint density at radius 2 is 1.88 bits per heavy atom. The molecule has 1 aliphatic heterocycles. The van der Waals surface area contributed by atoms with Crippen LogP contribution in [0.25, 0.3) is 0 Å². The molecule has 140 valence electrons. The van der Waals surface area contributed by atoms with Crippen molar-refractivity contribution in [3.05, 3.63) is 23.8 Å². The van der Waals surface area contributed by atoms with Gasteiger partial charge in [-0.05, 0) is 58.4 Å². The van der Waals surface area contributed by atoms with Gasteiger partial charge in [-0.25, -0.2) is 13.2 Å². The zero-order valence-corrected chi connectivity index (χ0v) is 16.1. The molecule has 1 aromatic carbocycles. The molecule has 0 bridgehead atoms. The van der Waals surface area contributed by atoms with Crippen molar-refractivity contribution >= 4 is 16.1 Å². The third-order valence-corrected chi connectivity index (χ3v) is 5.73. The predicted octanol–water partition coefficient (Wildman–Crippen LogP) is 2.33. The van der Waals surface area contributed by atoms with E-state index in [4.69, 9.17) is 4.74 Å². The van der Waals surface area contributed by atoms with E-state index in [1.165, 1.54) is 22.5 Å². The number of phenolic OH excluding ortho intramolecular Hbond substituents is 1. The average Bonchev–Trinajstić information content (AvgIpc) is 2.44. The number of aryl methyl sites for hydroxylation is 1. The molecule has 1 heterocycles. The van der Waals surface area contributed by atoms with Crippen LogP contribution >= 0.6 is 0 Å². The Labute approximate surface area is 149 Å². The van der Waals surface area contributed by atoms with Gasteiger partial charge in [0, 0.05) is 25.7 Å². The fraction of sp³-hybridized carbons (Fsp3) is 0.588. The zero-order chi connectivity index (χ0) is 19.0. The van der Waals surface area contributed by atoms with E-state index in [2.05, 4.69) is 0 Å². The minimum atomic E-state index is -3.73. The summed E-state index contributed by atoms with van der Waals surface area (Å²) >= 11 is 0. The van der Waals surface area contributed by atoms with Gasteiger partial charge in [0.25, 0.3) is 0 Å². The molecule has 25 heavy (non-hydrogen) atoms. The number of sulfonamides is 1. The summed E-state index contributed by atoms with van der Waals surface area (Å²) in [6, 6.07) is 3.96. The Balaban J connectivity index is 2.15. The standard InChI is InChI=1S/C17H26N2O5S/c1-12-8-14(20)10-15(9-12)25(22,23)18-6-7-19(13(2)11-18)16(21)24-17(3,4)5/h8-10,13,20H,6-7,11H2,1-5H3/t13-/m1/s1. The van der Waals surface area contributed by atoms with Gasteiger partial charge in [-0.3, -0.25) is 0 Å². The minimum absolute atomic E-state index is 0.0583. The van der Waals surface area contributed by atoms with Crippen molar-refractivity contribution in [3.63, 3.8) is 0 Å². The van der Waals surface area contributed by atoms with Crippen LogP contribution in [-0.2, 0) is 14.8 Å². The smallest absolute Gasteiger partial charge is 0.410 e. The first-order valence-corrected chi connectivity index (χ1v) is 9.64. The molecule has 1 amide bonds. The van der Waals surface area contributed by atoms with Crippen LogP contribution in [0.15, 0.2) is 23.1 Å². The number of aromatic hydroxyl groups is 1. The van der Waals surface area contributed by atoms with Crippen molar-refractivity contribution in [1.82, 2.24) is 9.21 Å². The lowest BCUT2D eigenvalue weighted by molar-refractivity contribution is 0.00859. The summed E-state index contributed by atoms with van der Waals surface area (Å²) in [6.07, 6.45) is -0.440. The number of rotatable bonds is 2. The molecular weight excluding hydrogens is 344 g/mol. The lowest BCUT2D eigenvalue weighted by Gasteiger charge is -2.39. The van der Waals surface area contributed by atoms with E-state index < -0.39 is 21.7 Å². The summed E-state index contributed by atoms with van der Waals surface area (Å²) in [5.41, 5.74) is 0.0676. The molecule has 1 fully saturated rings. The summed E-state index contributed by atoms with van der Waals surface area (Å²) in [7, 11) is -3.73. The van der Waals surface area contributed by atoms with Crippen LogP contribution in [0.5, 0.6) is 5.75 Å². The van der Waals surface area contributed by atoms with Crippen molar-refractivity contribution in [3.8, 4) is 5.75 Å². The minimum Gasteiger partial charge on any atom is -0.508 e. The third-order valence-electron chi connectivity index (χ3n) is 3.89. The second-order valence-corrected chi connectivity index (χ2v) is 9.33. The molecule has 0 unspecified atom stereocenters. The molecule has 2 rings (SSSR count). The van der Waals surface area contributed by atoms with Gasteiger partial charge in [0.15, 0.2) is 0 Å². The number of carbonyl (C=O) groups excluding carboxylic acids is 1. The van der Waals surface area contributed by atoms with Crippen LogP contribution < -0.4 is 0 Å². The van der Waals surface area contributed by atoms with Crippen LogP contribution in [0.4, 0.5) is 4.79 Å². The number of ether oxygens (including phenoxy) is 1. The molecule has 1 aromatic rings. The zero-order valence-electron chi connectivity index (χ0n) is 15.3. The Morgan fingerprint density at radius 3 is 2.40 bits per heavy atom. The van der Waals surface area contributed by atoms with Gasteiger partial charge >= 0.3 is 6.09 Å². The molecule has 1 aliphatic rings. The van der Waals surface area contributed by atoms with Crippen molar-refractivity contribution in [1.29, 1.82) is 0 Å². The number of amides is 1. The number of hydrogen-bond acceptors (Lipinski definition) is 5. The lowest BCUT2D eigenvalue weighted by atomic mass is 10.2. The van der Waals surface area contributed by atoms with Gasteiger partial charge < -0.3 is 14.7 Å². The molecule has 1 atom stereocenters.